The molecule has 0 radical (unpaired) electrons. The predicted molar refractivity (Wildman–Crippen MR) is 91.0 cm³/mol. The first-order valence-electron chi connectivity index (χ1n) is 7.24. The zero-order valence-corrected chi connectivity index (χ0v) is 13.3. The van der Waals surface area contributed by atoms with Gasteiger partial charge >= 0.3 is 0 Å². The number of fused-ring (bicyclic) bond motifs is 3. The van der Waals surface area contributed by atoms with Gasteiger partial charge in [0.15, 0.2) is 0 Å². The SMILES string of the molecule is Cc1ccc(S(=O)(=O)n2c3ccccc3c3cnccc32)cc1. The first-order chi connectivity index (χ1) is 11.1. The van der Waals surface area contributed by atoms with Crippen LogP contribution in [-0.2, 0) is 10.0 Å². The summed E-state index contributed by atoms with van der Waals surface area (Å²) in [6, 6.07) is 16.1. The monoisotopic (exact) mass is 322 g/mol. The van der Waals surface area contributed by atoms with Crippen molar-refractivity contribution in [1.29, 1.82) is 0 Å². The Bertz CT molecular complexity index is 1070. The number of para-hydroxylation sites is 1. The molecule has 2 heterocycles. The van der Waals surface area contributed by atoms with Gasteiger partial charge in [0.05, 0.1) is 15.9 Å². The highest BCUT2D eigenvalue weighted by Gasteiger charge is 2.22. The summed E-state index contributed by atoms with van der Waals surface area (Å²) in [5.74, 6) is 0. The molecule has 23 heavy (non-hydrogen) atoms. The summed E-state index contributed by atoms with van der Waals surface area (Å²) >= 11 is 0. The minimum Gasteiger partial charge on any atom is -0.264 e. The quantitative estimate of drug-likeness (QED) is 0.565. The summed E-state index contributed by atoms with van der Waals surface area (Å²) in [6.07, 6.45) is 3.32. The Morgan fingerprint density at radius 3 is 2.35 bits per heavy atom. The molecule has 4 nitrogen and oxygen atoms in total. The highest BCUT2D eigenvalue weighted by Crippen LogP contribution is 2.31. The molecule has 2 aromatic heterocycles. The van der Waals surface area contributed by atoms with Crippen LogP contribution in [0.5, 0.6) is 0 Å². The average Bonchev–Trinajstić information content (AvgIpc) is 2.90. The number of aromatic nitrogens is 2. The molecule has 4 aromatic rings. The second-order valence-electron chi connectivity index (χ2n) is 5.49. The van der Waals surface area contributed by atoms with Crippen molar-refractivity contribution in [2.75, 3.05) is 0 Å². The van der Waals surface area contributed by atoms with Crippen LogP contribution in [0, 0.1) is 6.92 Å². The van der Waals surface area contributed by atoms with E-state index in [2.05, 4.69) is 4.98 Å². The maximum absolute atomic E-state index is 13.2. The molecule has 0 N–H and O–H groups in total. The molecule has 0 aliphatic carbocycles. The molecule has 2 aromatic carbocycles. The highest BCUT2D eigenvalue weighted by molar-refractivity contribution is 7.90. The van der Waals surface area contributed by atoms with Gasteiger partial charge < -0.3 is 0 Å². The van der Waals surface area contributed by atoms with Crippen LogP contribution in [0.15, 0.2) is 71.9 Å². The molecule has 0 bridgehead atoms. The third kappa shape index (κ3) is 2.04. The standard InChI is InChI=1S/C18H14N2O2S/c1-13-6-8-14(9-7-13)23(21,22)20-17-5-3-2-4-15(17)16-12-19-11-10-18(16)20/h2-12H,1H3. The normalized spacial score (nSPS) is 12.0. The van der Waals surface area contributed by atoms with Crippen LogP contribution in [0.25, 0.3) is 21.8 Å². The summed E-state index contributed by atoms with van der Waals surface area (Å²) in [6.45, 7) is 1.93. The van der Waals surface area contributed by atoms with Crippen LogP contribution in [0.3, 0.4) is 0 Å². The van der Waals surface area contributed by atoms with Gasteiger partial charge in [0.1, 0.15) is 0 Å². The molecule has 0 spiro atoms. The molecule has 0 aliphatic heterocycles. The lowest BCUT2D eigenvalue weighted by atomic mass is 10.2. The van der Waals surface area contributed by atoms with E-state index in [1.54, 1.807) is 30.6 Å². The molecule has 0 saturated carbocycles. The fourth-order valence-corrected chi connectivity index (χ4v) is 4.38. The Morgan fingerprint density at radius 1 is 0.870 bits per heavy atom. The highest BCUT2D eigenvalue weighted by atomic mass is 32.2. The van der Waals surface area contributed by atoms with Crippen molar-refractivity contribution in [3.05, 3.63) is 72.6 Å². The van der Waals surface area contributed by atoms with Crippen LogP contribution in [0.4, 0.5) is 0 Å². The van der Waals surface area contributed by atoms with E-state index in [1.165, 1.54) is 3.97 Å². The first-order valence-corrected chi connectivity index (χ1v) is 8.68. The summed E-state index contributed by atoms with van der Waals surface area (Å²) in [5.41, 5.74) is 2.33. The lowest BCUT2D eigenvalue weighted by Crippen LogP contribution is -2.12. The second kappa shape index (κ2) is 4.93. The number of benzene rings is 2. The smallest absolute Gasteiger partial charge is 0.264 e. The van der Waals surface area contributed by atoms with Crippen molar-refractivity contribution in [3.63, 3.8) is 0 Å². The minimum absolute atomic E-state index is 0.280. The number of nitrogens with zero attached hydrogens (tertiary/aromatic N) is 2. The van der Waals surface area contributed by atoms with Crippen LogP contribution in [-0.4, -0.2) is 17.4 Å². The Morgan fingerprint density at radius 2 is 1.57 bits per heavy atom. The molecule has 0 amide bonds. The van der Waals surface area contributed by atoms with E-state index in [1.807, 2.05) is 43.3 Å². The van der Waals surface area contributed by atoms with Gasteiger partial charge in [-0.2, -0.15) is 0 Å². The second-order valence-corrected chi connectivity index (χ2v) is 7.28. The third-order valence-electron chi connectivity index (χ3n) is 3.99. The van der Waals surface area contributed by atoms with Crippen LogP contribution >= 0.6 is 0 Å². The Kier molecular flexibility index (Phi) is 2.99. The van der Waals surface area contributed by atoms with E-state index in [-0.39, 0.29) is 4.90 Å². The molecule has 0 saturated heterocycles. The fourth-order valence-electron chi connectivity index (χ4n) is 2.85. The Labute approximate surface area is 134 Å². The van der Waals surface area contributed by atoms with E-state index in [0.717, 1.165) is 16.3 Å². The largest absolute Gasteiger partial charge is 0.268 e. The van der Waals surface area contributed by atoms with E-state index >= 15 is 0 Å². The van der Waals surface area contributed by atoms with Crippen LogP contribution in [0.2, 0.25) is 0 Å². The van der Waals surface area contributed by atoms with Crippen LogP contribution < -0.4 is 0 Å². The van der Waals surface area contributed by atoms with Crippen molar-refractivity contribution in [2.24, 2.45) is 0 Å². The summed E-state index contributed by atoms with van der Waals surface area (Å²) in [4.78, 5) is 4.41. The molecular weight excluding hydrogens is 308 g/mol. The van der Waals surface area contributed by atoms with Gasteiger partial charge in [0.2, 0.25) is 0 Å². The lowest BCUT2D eigenvalue weighted by Gasteiger charge is -2.09. The van der Waals surface area contributed by atoms with Gasteiger partial charge in [-0.15, -0.1) is 0 Å². The number of pyridine rings is 1. The topological polar surface area (TPSA) is 52.0 Å². The van der Waals surface area contributed by atoms with E-state index < -0.39 is 10.0 Å². The van der Waals surface area contributed by atoms with E-state index in [4.69, 9.17) is 0 Å². The summed E-state index contributed by atoms with van der Waals surface area (Å²) in [7, 11) is -3.68. The Hall–Kier alpha value is -2.66. The predicted octanol–water partition coefficient (Wildman–Crippen LogP) is 3.73. The molecular formula is C18H14N2O2S. The van der Waals surface area contributed by atoms with Crippen molar-refractivity contribution >= 4 is 31.8 Å². The van der Waals surface area contributed by atoms with Gasteiger partial charge in [0.25, 0.3) is 10.0 Å². The van der Waals surface area contributed by atoms with Gasteiger partial charge in [-0.05, 0) is 31.2 Å². The van der Waals surface area contributed by atoms with Crippen molar-refractivity contribution in [1.82, 2.24) is 8.96 Å². The maximum Gasteiger partial charge on any atom is 0.268 e. The van der Waals surface area contributed by atoms with Crippen molar-refractivity contribution < 1.29 is 8.42 Å². The van der Waals surface area contributed by atoms with Gasteiger partial charge in [-0.3, -0.25) is 4.98 Å². The average molecular weight is 322 g/mol. The molecule has 4 rings (SSSR count). The maximum atomic E-state index is 13.2. The number of hydrogen-bond donors (Lipinski definition) is 0. The number of hydrogen-bond acceptors (Lipinski definition) is 3. The lowest BCUT2D eigenvalue weighted by molar-refractivity contribution is 0.590. The van der Waals surface area contributed by atoms with E-state index in [9.17, 15) is 8.42 Å². The van der Waals surface area contributed by atoms with Crippen molar-refractivity contribution in [2.45, 2.75) is 11.8 Å². The van der Waals surface area contributed by atoms with Crippen LogP contribution in [0.1, 0.15) is 5.56 Å². The minimum atomic E-state index is -3.68. The zero-order valence-electron chi connectivity index (χ0n) is 12.5. The third-order valence-corrected chi connectivity index (χ3v) is 5.73. The molecule has 0 unspecified atom stereocenters. The Balaban J connectivity index is 2.13. The zero-order chi connectivity index (χ0) is 16.0. The van der Waals surface area contributed by atoms with Gasteiger partial charge in [-0.25, -0.2) is 12.4 Å². The summed E-state index contributed by atoms with van der Waals surface area (Å²) in [5, 5.41) is 1.71. The molecule has 0 aliphatic rings. The van der Waals surface area contributed by atoms with Gasteiger partial charge in [0, 0.05) is 23.2 Å². The number of rotatable bonds is 2. The number of aryl methyl sites for hydroxylation is 1. The molecule has 114 valence electrons. The van der Waals surface area contributed by atoms with Crippen molar-refractivity contribution in [3.8, 4) is 0 Å². The molecule has 0 fully saturated rings. The summed E-state index contributed by atoms with van der Waals surface area (Å²) < 4.78 is 27.8. The molecule has 5 heteroatoms. The fraction of sp³-hybridized carbons (Fsp3) is 0.0556. The van der Waals surface area contributed by atoms with E-state index in [0.29, 0.717) is 11.0 Å². The molecule has 0 atom stereocenters. The first kappa shape index (κ1) is 14.0. The van der Waals surface area contributed by atoms with Gasteiger partial charge in [-0.1, -0.05) is 35.9 Å².